The van der Waals surface area contributed by atoms with Crippen molar-refractivity contribution < 1.29 is 0 Å². The Morgan fingerprint density at radius 2 is 2.27 bits per heavy atom. The lowest BCUT2D eigenvalue weighted by Crippen LogP contribution is -1.99. The zero-order chi connectivity index (χ0) is 10.8. The third-order valence-electron chi connectivity index (χ3n) is 2.76. The molecular formula is C12H16N2O. The molecule has 0 aromatic carbocycles. The van der Waals surface area contributed by atoms with E-state index in [4.69, 9.17) is 0 Å². The third-order valence-corrected chi connectivity index (χ3v) is 2.76. The Labute approximate surface area is 88.7 Å². The molecule has 0 aliphatic heterocycles. The van der Waals surface area contributed by atoms with E-state index in [2.05, 4.69) is 25.0 Å². The van der Waals surface area contributed by atoms with Crippen LogP contribution in [-0.4, -0.2) is 9.61 Å². The number of fused-ring (bicyclic) bond motifs is 1. The van der Waals surface area contributed by atoms with Crippen LogP contribution >= 0.6 is 0 Å². The summed E-state index contributed by atoms with van der Waals surface area (Å²) in [5, 5.41) is 3.29. The Hall–Kier alpha value is -1.51. The molecule has 0 saturated heterocycles. The van der Waals surface area contributed by atoms with Gasteiger partial charge in [0.1, 0.15) is 0 Å². The van der Waals surface area contributed by atoms with Crippen LogP contribution in [-0.2, 0) is 0 Å². The number of hydrogen-bond donors (Lipinski definition) is 1. The molecule has 0 saturated carbocycles. The number of pyridine rings is 1. The van der Waals surface area contributed by atoms with Gasteiger partial charge >= 0.3 is 0 Å². The highest BCUT2D eigenvalue weighted by Gasteiger charge is 2.07. The van der Waals surface area contributed by atoms with Crippen LogP contribution in [0.4, 0.5) is 0 Å². The summed E-state index contributed by atoms with van der Waals surface area (Å²) in [4.78, 5) is 11.2. The Balaban J connectivity index is 2.42. The molecule has 0 amide bonds. The van der Waals surface area contributed by atoms with E-state index < -0.39 is 0 Å². The molecule has 3 nitrogen and oxygen atoms in total. The maximum Gasteiger partial charge on any atom is 0.182 e. The van der Waals surface area contributed by atoms with Crippen LogP contribution in [0.25, 0.3) is 5.52 Å². The van der Waals surface area contributed by atoms with Crippen molar-refractivity contribution in [3.05, 3.63) is 40.3 Å². The quantitative estimate of drug-likeness (QED) is 0.819. The van der Waals surface area contributed by atoms with Gasteiger partial charge in [-0.05, 0) is 18.4 Å². The van der Waals surface area contributed by atoms with Crippen LogP contribution in [0.15, 0.2) is 29.2 Å². The van der Waals surface area contributed by atoms with E-state index in [0.29, 0.717) is 5.92 Å². The van der Waals surface area contributed by atoms with Crippen molar-refractivity contribution in [2.24, 2.45) is 0 Å². The summed E-state index contributed by atoms with van der Waals surface area (Å²) in [6, 6.07) is 5.28. The summed E-state index contributed by atoms with van der Waals surface area (Å²) >= 11 is 0. The third kappa shape index (κ3) is 1.96. The van der Waals surface area contributed by atoms with E-state index in [-0.39, 0.29) is 5.43 Å². The Morgan fingerprint density at radius 3 is 3.00 bits per heavy atom. The van der Waals surface area contributed by atoms with Crippen LogP contribution in [0.5, 0.6) is 0 Å². The van der Waals surface area contributed by atoms with Crippen LogP contribution in [0, 0.1) is 0 Å². The Kier molecular flexibility index (Phi) is 2.62. The molecule has 0 bridgehead atoms. The van der Waals surface area contributed by atoms with Crippen LogP contribution < -0.4 is 5.43 Å². The predicted octanol–water partition coefficient (Wildman–Crippen LogP) is 2.53. The number of nitrogens with one attached hydrogen (secondary N) is 1. The fourth-order valence-corrected chi connectivity index (χ4v) is 1.88. The molecule has 2 aromatic rings. The summed E-state index contributed by atoms with van der Waals surface area (Å²) in [7, 11) is 0. The topological polar surface area (TPSA) is 37.3 Å². The van der Waals surface area contributed by atoms with Gasteiger partial charge in [0.05, 0.1) is 5.52 Å². The predicted molar refractivity (Wildman–Crippen MR) is 61.3 cm³/mol. The fourth-order valence-electron chi connectivity index (χ4n) is 1.88. The van der Waals surface area contributed by atoms with Crippen LogP contribution in [0.2, 0.25) is 0 Å². The molecular weight excluding hydrogens is 188 g/mol. The van der Waals surface area contributed by atoms with Crippen LogP contribution in [0.3, 0.4) is 0 Å². The lowest BCUT2D eigenvalue weighted by molar-refractivity contribution is 0.640. The van der Waals surface area contributed by atoms with Crippen molar-refractivity contribution in [1.29, 1.82) is 0 Å². The number of aromatic nitrogens is 2. The van der Waals surface area contributed by atoms with E-state index in [1.165, 1.54) is 12.1 Å². The number of H-pyrrole nitrogens is 1. The molecule has 1 N–H and O–H groups in total. The largest absolute Gasteiger partial charge is 0.298 e. The summed E-state index contributed by atoms with van der Waals surface area (Å²) < 4.78 is 1.89. The van der Waals surface area contributed by atoms with Gasteiger partial charge < -0.3 is 0 Å². The molecule has 1 unspecified atom stereocenters. The smallest absolute Gasteiger partial charge is 0.182 e. The van der Waals surface area contributed by atoms with Gasteiger partial charge in [-0.1, -0.05) is 20.3 Å². The van der Waals surface area contributed by atoms with E-state index in [0.717, 1.165) is 11.9 Å². The second-order valence-corrected chi connectivity index (χ2v) is 4.06. The standard InChI is InChI=1S/C12H16N2O/c1-3-4-9(2)12-8-10-7-11(15)5-6-14(10)13-12/h5-9,13H,3-4H2,1-2H3. The highest BCUT2D eigenvalue weighted by molar-refractivity contribution is 5.47. The van der Waals surface area contributed by atoms with Crippen molar-refractivity contribution in [2.45, 2.75) is 32.6 Å². The molecule has 0 spiro atoms. The number of hydrogen-bond acceptors (Lipinski definition) is 1. The maximum atomic E-state index is 11.2. The minimum absolute atomic E-state index is 0.0590. The highest BCUT2D eigenvalue weighted by atomic mass is 16.1. The van der Waals surface area contributed by atoms with Gasteiger partial charge in [0.15, 0.2) is 5.43 Å². The first-order chi connectivity index (χ1) is 7.20. The molecule has 80 valence electrons. The lowest BCUT2D eigenvalue weighted by atomic mass is 10.0. The average Bonchev–Trinajstić information content (AvgIpc) is 2.60. The number of aromatic amines is 1. The van der Waals surface area contributed by atoms with Crippen molar-refractivity contribution in [1.82, 2.24) is 9.61 Å². The normalized spacial score (nSPS) is 13.2. The fraction of sp³-hybridized carbons (Fsp3) is 0.417. The van der Waals surface area contributed by atoms with E-state index >= 15 is 0 Å². The van der Waals surface area contributed by atoms with Gasteiger partial charge in [-0.3, -0.25) is 14.4 Å². The first kappa shape index (κ1) is 10.0. The maximum absolute atomic E-state index is 11.2. The minimum atomic E-state index is 0.0590. The van der Waals surface area contributed by atoms with Gasteiger partial charge in [0, 0.05) is 24.0 Å². The van der Waals surface area contributed by atoms with Gasteiger partial charge in [-0.2, -0.15) is 0 Å². The zero-order valence-electron chi connectivity index (χ0n) is 9.16. The summed E-state index contributed by atoms with van der Waals surface area (Å²) in [6.07, 6.45) is 4.12. The highest BCUT2D eigenvalue weighted by Crippen LogP contribution is 2.19. The van der Waals surface area contributed by atoms with Crippen molar-refractivity contribution in [3.8, 4) is 0 Å². The first-order valence-electron chi connectivity index (χ1n) is 5.42. The molecule has 0 aliphatic carbocycles. The van der Waals surface area contributed by atoms with Crippen molar-refractivity contribution in [3.63, 3.8) is 0 Å². The monoisotopic (exact) mass is 204 g/mol. The van der Waals surface area contributed by atoms with Gasteiger partial charge in [-0.15, -0.1) is 0 Å². The van der Waals surface area contributed by atoms with Gasteiger partial charge in [-0.25, -0.2) is 0 Å². The Bertz CT molecular complexity index is 510. The molecule has 0 radical (unpaired) electrons. The number of rotatable bonds is 3. The van der Waals surface area contributed by atoms with Gasteiger partial charge in [0.25, 0.3) is 0 Å². The van der Waals surface area contributed by atoms with Crippen LogP contribution in [0.1, 0.15) is 38.3 Å². The SMILES string of the molecule is CCCC(C)c1cc2cc(=O)ccn2[nH]1. The summed E-state index contributed by atoms with van der Waals surface area (Å²) in [5.74, 6) is 0.519. The molecule has 2 heterocycles. The first-order valence-corrected chi connectivity index (χ1v) is 5.42. The second-order valence-electron chi connectivity index (χ2n) is 4.06. The zero-order valence-corrected chi connectivity index (χ0v) is 9.16. The summed E-state index contributed by atoms with van der Waals surface area (Å²) in [5.41, 5.74) is 2.20. The van der Waals surface area contributed by atoms with Crippen molar-refractivity contribution >= 4 is 5.52 Å². The number of nitrogens with zero attached hydrogens (tertiary/aromatic N) is 1. The van der Waals surface area contributed by atoms with E-state index in [9.17, 15) is 4.79 Å². The molecule has 0 aliphatic rings. The lowest BCUT2D eigenvalue weighted by Gasteiger charge is -2.05. The molecule has 2 aromatic heterocycles. The van der Waals surface area contributed by atoms with E-state index in [1.54, 1.807) is 18.3 Å². The van der Waals surface area contributed by atoms with Gasteiger partial charge in [0.2, 0.25) is 0 Å². The molecule has 1 atom stereocenters. The summed E-state index contributed by atoms with van der Waals surface area (Å²) in [6.45, 7) is 4.38. The Morgan fingerprint density at radius 1 is 1.47 bits per heavy atom. The molecule has 3 heteroatoms. The average molecular weight is 204 g/mol. The molecule has 0 fully saturated rings. The van der Waals surface area contributed by atoms with Crippen molar-refractivity contribution in [2.75, 3.05) is 0 Å². The second kappa shape index (κ2) is 3.93. The van der Waals surface area contributed by atoms with E-state index in [1.807, 2.05) is 4.52 Å². The minimum Gasteiger partial charge on any atom is -0.298 e. The molecule has 2 rings (SSSR count). The molecule has 15 heavy (non-hydrogen) atoms.